The molecule has 0 saturated carbocycles. The Bertz CT molecular complexity index is 1260. The van der Waals surface area contributed by atoms with Crippen LogP contribution in [0.3, 0.4) is 0 Å². The first kappa shape index (κ1) is 21.7. The van der Waals surface area contributed by atoms with Gasteiger partial charge >= 0.3 is 0 Å². The Morgan fingerprint density at radius 2 is 1.68 bits per heavy atom. The number of nitrogens with one attached hydrogen (secondary N) is 2. The van der Waals surface area contributed by atoms with Crippen LogP contribution in [0.5, 0.6) is 5.75 Å². The number of hydrogen-bond donors (Lipinski definition) is 2. The number of nitrogens with zero attached hydrogens (tertiary/aromatic N) is 2. The van der Waals surface area contributed by atoms with Crippen LogP contribution in [0.15, 0.2) is 66.7 Å². The van der Waals surface area contributed by atoms with Crippen LogP contribution < -0.4 is 10.2 Å². The van der Waals surface area contributed by atoms with E-state index in [-0.39, 0.29) is 0 Å². The van der Waals surface area contributed by atoms with E-state index in [9.17, 15) is 0 Å². The SMILES string of the molecule is S=c1[nH]nc(-c2ccccc2)n1NCc1cc(Cl)ccc1OCc1ccc(Cl)cc1Cl. The van der Waals surface area contributed by atoms with Crippen molar-refractivity contribution in [1.29, 1.82) is 0 Å². The molecule has 2 N–H and O–H groups in total. The minimum absolute atomic E-state index is 0.297. The zero-order valence-electron chi connectivity index (χ0n) is 16.1. The molecule has 4 rings (SSSR count). The fourth-order valence-corrected chi connectivity index (χ4v) is 3.86. The Morgan fingerprint density at radius 1 is 0.935 bits per heavy atom. The lowest BCUT2D eigenvalue weighted by Gasteiger charge is -2.15. The highest BCUT2D eigenvalue weighted by molar-refractivity contribution is 7.71. The molecule has 3 aromatic carbocycles. The van der Waals surface area contributed by atoms with Crippen LogP contribution >= 0.6 is 47.0 Å². The maximum atomic E-state index is 6.26. The second kappa shape index (κ2) is 9.75. The predicted octanol–water partition coefficient (Wildman–Crippen LogP) is 6.89. The molecule has 0 aliphatic rings. The van der Waals surface area contributed by atoms with Gasteiger partial charge in [0.2, 0.25) is 4.77 Å². The number of hydrogen-bond acceptors (Lipinski definition) is 4. The van der Waals surface area contributed by atoms with Gasteiger partial charge in [0.15, 0.2) is 5.82 Å². The third-order valence-electron chi connectivity index (χ3n) is 4.55. The van der Waals surface area contributed by atoms with Gasteiger partial charge in [-0.3, -0.25) is 0 Å². The molecule has 9 heteroatoms. The van der Waals surface area contributed by atoms with E-state index in [1.165, 1.54) is 0 Å². The average Bonchev–Trinajstić information content (AvgIpc) is 3.13. The highest BCUT2D eigenvalue weighted by Gasteiger charge is 2.11. The lowest BCUT2D eigenvalue weighted by molar-refractivity contribution is 0.303. The molecule has 5 nitrogen and oxygen atoms in total. The molecular weight excluding hydrogens is 475 g/mol. The van der Waals surface area contributed by atoms with Crippen LogP contribution in [0.4, 0.5) is 0 Å². The molecule has 0 amide bonds. The van der Waals surface area contributed by atoms with Gasteiger partial charge in [0.1, 0.15) is 12.4 Å². The Balaban J connectivity index is 1.54. The van der Waals surface area contributed by atoms with E-state index in [0.717, 1.165) is 16.7 Å². The van der Waals surface area contributed by atoms with E-state index in [1.807, 2.05) is 48.5 Å². The second-order valence-electron chi connectivity index (χ2n) is 6.67. The maximum Gasteiger partial charge on any atom is 0.214 e. The molecule has 0 fully saturated rings. The van der Waals surface area contributed by atoms with Gasteiger partial charge in [-0.15, -0.1) is 0 Å². The number of aromatic nitrogens is 3. The van der Waals surface area contributed by atoms with E-state index in [0.29, 0.717) is 44.6 Å². The average molecular weight is 492 g/mol. The summed E-state index contributed by atoms with van der Waals surface area (Å²) in [4.78, 5) is 0. The molecule has 0 radical (unpaired) electrons. The molecule has 0 bridgehead atoms. The lowest BCUT2D eigenvalue weighted by Crippen LogP contribution is -2.16. The smallest absolute Gasteiger partial charge is 0.214 e. The summed E-state index contributed by atoms with van der Waals surface area (Å²) >= 11 is 23.8. The molecule has 1 heterocycles. The molecular formula is C22H17Cl3N4OS. The molecule has 4 aromatic rings. The molecule has 0 spiro atoms. The Labute approximate surface area is 199 Å². The fraction of sp³-hybridized carbons (Fsp3) is 0.0909. The molecule has 0 saturated heterocycles. The number of aromatic amines is 1. The first-order chi connectivity index (χ1) is 15.0. The number of halogens is 3. The van der Waals surface area contributed by atoms with Gasteiger partial charge in [-0.05, 0) is 42.5 Å². The van der Waals surface area contributed by atoms with Crippen molar-refractivity contribution in [2.45, 2.75) is 13.2 Å². The monoisotopic (exact) mass is 490 g/mol. The van der Waals surface area contributed by atoms with Crippen molar-refractivity contribution in [3.8, 4) is 17.1 Å². The topological polar surface area (TPSA) is 54.9 Å². The summed E-state index contributed by atoms with van der Waals surface area (Å²) in [6.07, 6.45) is 0. The largest absolute Gasteiger partial charge is 0.488 e. The van der Waals surface area contributed by atoms with Crippen molar-refractivity contribution in [3.63, 3.8) is 0 Å². The Hall–Kier alpha value is -2.51. The first-order valence-electron chi connectivity index (χ1n) is 9.33. The third kappa shape index (κ3) is 5.22. The van der Waals surface area contributed by atoms with Gasteiger partial charge in [-0.1, -0.05) is 71.2 Å². The van der Waals surface area contributed by atoms with Crippen molar-refractivity contribution in [3.05, 3.63) is 97.7 Å². The molecule has 0 unspecified atom stereocenters. The van der Waals surface area contributed by atoms with E-state index in [1.54, 1.807) is 22.9 Å². The summed E-state index contributed by atoms with van der Waals surface area (Å²) in [5.41, 5.74) is 5.93. The van der Waals surface area contributed by atoms with E-state index >= 15 is 0 Å². The van der Waals surface area contributed by atoms with Gasteiger partial charge < -0.3 is 10.2 Å². The summed E-state index contributed by atoms with van der Waals surface area (Å²) in [7, 11) is 0. The van der Waals surface area contributed by atoms with Crippen LogP contribution in [0, 0.1) is 4.77 Å². The summed E-state index contributed by atoms with van der Waals surface area (Å²) in [6, 6.07) is 20.5. The van der Waals surface area contributed by atoms with Gasteiger partial charge in [0.05, 0.1) is 6.54 Å². The first-order valence-corrected chi connectivity index (χ1v) is 10.9. The number of ether oxygens (including phenoxy) is 1. The summed E-state index contributed by atoms with van der Waals surface area (Å²) in [5.74, 6) is 1.36. The van der Waals surface area contributed by atoms with Crippen LogP contribution in [0.25, 0.3) is 11.4 Å². The lowest BCUT2D eigenvalue weighted by atomic mass is 10.2. The summed E-state index contributed by atoms with van der Waals surface area (Å²) < 4.78 is 8.21. The van der Waals surface area contributed by atoms with Crippen LogP contribution in [-0.2, 0) is 13.2 Å². The normalized spacial score (nSPS) is 10.8. The Kier molecular flexibility index (Phi) is 6.83. The van der Waals surface area contributed by atoms with E-state index < -0.39 is 0 Å². The van der Waals surface area contributed by atoms with Gasteiger partial charge in [0, 0.05) is 31.8 Å². The molecule has 158 valence electrons. The zero-order chi connectivity index (χ0) is 21.8. The van der Waals surface area contributed by atoms with E-state index in [2.05, 4.69) is 15.6 Å². The second-order valence-corrected chi connectivity index (χ2v) is 8.33. The van der Waals surface area contributed by atoms with Gasteiger partial charge in [-0.2, -0.15) is 5.10 Å². The van der Waals surface area contributed by atoms with Crippen molar-refractivity contribution in [2.24, 2.45) is 0 Å². The molecule has 0 aliphatic carbocycles. The van der Waals surface area contributed by atoms with Crippen LogP contribution in [0.1, 0.15) is 11.1 Å². The van der Waals surface area contributed by atoms with Crippen LogP contribution in [0.2, 0.25) is 15.1 Å². The van der Waals surface area contributed by atoms with Gasteiger partial charge in [-0.25, -0.2) is 9.77 Å². The zero-order valence-corrected chi connectivity index (χ0v) is 19.2. The summed E-state index contributed by atoms with van der Waals surface area (Å²) in [5, 5.41) is 8.90. The van der Waals surface area contributed by atoms with Crippen molar-refractivity contribution in [2.75, 3.05) is 5.43 Å². The minimum Gasteiger partial charge on any atom is -0.488 e. The maximum absolute atomic E-state index is 6.26. The van der Waals surface area contributed by atoms with Crippen LogP contribution in [-0.4, -0.2) is 14.9 Å². The van der Waals surface area contributed by atoms with Crippen molar-refractivity contribution in [1.82, 2.24) is 14.9 Å². The quantitative estimate of drug-likeness (QED) is 0.276. The van der Waals surface area contributed by atoms with E-state index in [4.69, 9.17) is 51.8 Å². The number of benzene rings is 3. The Morgan fingerprint density at radius 3 is 2.45 bits per heavy atom. The molecule has 31 heavy (non-hydrogen) atoms. The predicted molar refractivity (Wildman–Crippen MR) is 128 cm³/mol. The summed E-state index contributed by atoms with van der Waals surface area (Å²) in [6.45, 7) is 0.711. The number of rotatable bonds is 7. The molecule has 0 aliphatic heterocycles. The van der Waals surface area contributed by atoms with Gasteiger partial charge in [0.25, 0.3) is 0 Å². The molecule has 1 aromatic heterocycles. The van der Waals surface area contributed by atoms with Crippen molar-refractivity contribution >= 4 is 47.0 Å². The number of H-pyrrole nitrogens is 1. The minimum atomic E-state index is 0.297. The molecule has 0 atom stereocenters. The third-order valence-corrected chi connectivity index (χ3v) is 5.65. The van der Waals surface area contributed by atoms with Crippen molar-refractivity contribution < 1.29 is 4.74 Å². The fourth-order valence-electron chi connectivity index (χ4n) is 3.01. The highest BCUT2D eigenvalue weighted by Crippen LogP contribution is 2.27. The highest BCUT2D eigenvalue weighted by atomic mass is 35.5. The standard InChI is InChI=1S/C22H17Cl3N4OS/c23-17-8-9-20(30-13-15-6-7-18(24)11-19(15)25)16(10-17)12-26-29-21(27-28-22(29)31)14-4-2-1-3-5-14/h1-11,26H,12-13H2,(H,28,31).